The number of thioether (sulfide) groups is 1. The van der Waals surface area contributed by atoms with Gasteiger partial charge in [-0.2, -0.15) is 4.98 Å². The third-order valence-electron chi connectivity index (χ3n) is 5.31. The highest BCUT2D eigenvalue weighted by atomic mass is 32.2. The number of morpholine rings is 1. The predicted octanol–water partition coefficient (Wildman–Crippen LogP) is 3.10. The summed E-state index contributed by atoms with van der Waals surface area (Å²) in [4.78, 5) is 28.6. The molecular weight excluding hydrogens is 386 g/mol. The molecule has 29 heavy (non-hydrogen) atoms. The van der Waals surface area contributed by atoms with Crippen molar-refractivity contribution in [1.82, 2.24) is 19.4 Å². The monoisotopic (exact) mass is 411 g/mol. The van der Waals surface area contributed by atoms with Gasteiger partial charge in [-0.25, -0.2) is 9.38 Å². The molecule has 0 saturated carbocycles. The van der Waals surface area contributed by atoms with Crippen molar-refractivity contribution < 1.29 is 4.74 Å². The fourth-order valence-corrected chi connectivity index (χ4v) is 4.25. The van der Waals surface area contributed by atoms with Crippen LogP contribution in [0.1, 0.15) is 35.5 Å². The predicted molar refractivity (Wildman–Crippen MR) is 115 cm³/mol. The highest BCUT2D eigenvalue weighted by molar-refractivity contribution is 7.98. The van der Waals surface area contributed by atoms with Gasteiger partial charge >= 0.3 is 0 Å². The molecule has 0 spiro atoms. The van der Waals surface area contributed by atoms with Crippen LogP contribution in [0.2, 0.25) is 0 Å². The molecule has 0 aromatic carbocycles. The van der Waals surface area contributed by atoms with E-state index in [0.29, 0.717) is 23.6 Å². The van der Waals surface area contributed by atoms with Gasteiger partial charge in [-0.3, -0.25) is 9.78 Å². The summed E-state index contributed by atoms with van der Waals surface area (Å²) < 4.78 is 7.81. The fourth-order valence-electron chi connectivity index (χ4n) is 3.68. The molecule has 2 atom stereocenters. The lowest BCUT2D eigenvalue weighted by Gasteiger charge is -2.38. The van der Waals surface area contributed by atoms with Crippen molar-refractivity contribution in [2.45, 2.75) is 44.9 Å². The van der Waals surface area contributed by atoms with Gasteiger partial charge in [0.2, 0.25) is 5.78 Å². The molecule has 152 valence electrons. The Hall–Kier alpha value is -2.45. The summed E-state index contributed by atoms with van der Waals surface area (Å²) in [5.74, 6) is 1.26. The molecule has 4 heterocycles. The minimum absolute atomic E-state index is 0.0490. The summed E-state index contributed by atoms with van der Waals surface area (Å²) in [5, 5.41) is 0.834. The lowest BCUT2D eigenvalue weighted by atomic mass is 10.1. The molecule has 3 aromatic rings. The van der Waals surface area contributed by atoms with E-state index in [-0.39, 0.29) is 17.8 Å². The van der Waals surface area contributed by atoms with Crippen LogP contribution in [0.15, 0.2) is 34.2 Å². The zero-order valence-corrected chi connectivity index (χ0v) is 18.2. The number of rotatable bonds is 3. The van der Waals surface area contributed by atoms with Gasteiger partial charge in [-0.1, -0.05) is 0 Å². The summed E-state index contributed by atoms with van der Waals surface area (Å²) in [7, 11) is 0. The lowest BCUT2D eigenvalue weighted by molar-refractivity contribution is -0.0176. The molecule has 3 aromatic heterocycles. The van der Waals surface area contributed by atoms with Gasteiger partial charge in [0.05, 0.1) is 11.1 Å². The molecule has 4 rings (SSSR count). The van der Waals surface area contributed by atoms with E-state index < -0.39 is 0 Å². The number of aromatic nitrogens is 4. The van der Waals surface area contributed by atoms with Crippen LogP contribution in [-0.2, 0) is 4.74 Å². The average molecular weight is 412 g/mol. The minimum Gasteiger partial charge on any atom is -0.367 e. The molecule has 0 N–H and O–H groups in total. The summed E-state index contributed by atoms with van der Waals surface area (Å²) >= 11 is 1.52. The Labute approximate surface area is 174 Å². The number of aryl methyl sites for hydroxylation is 2. The maximum absolute atomic E-state index is 12.8. The molecule has 0 aliphatic carbocycles. The third kappa shape index (κ3) is 3.74. The maximum Gasteiger partial charge on any atom is 0.263 e. The Kier molecular flexibility index (Phi) is 5.31. The van der Waals surface area contributed by atoms with Crippen LogP contribution in [0, 0.1) is 20.8 Å². The molecule has 1 saturated heterocycles. The van der Waals surface area contributed by atoms with Gasteiger partial charge in [0.1, 0.15) is 11.9 Å². The molecule has 0 bridgehead atoms. The van der Waals surface area contributed by atoms with Crippen LogP contribution in [0.4, 0.5) is 5.82 Å². The smallest absolute Gasteiger partial charge is 0.263 e. The second kappa shape index (κ2) is 7.76. The van der Waals surface area contributed by atoms with E-state index in [2.05, 4.69) is 27.9 Å². The molecule has 0 amide bonds. The van der Waals surface area contributed by atoms with Crippen LogP contribution >= 0.6 is 11.8 Å². The number of pyridine rings is 1. The highest BCUT2D eigenvalue weighted by Gasteiger charge is 2.28. The first-order valence-electron chi connectivity index (χ1n) is 9.65. The molecule has 1 fully saturated rings. The Morgan fingerprint density at radius 3 is 2.69 bits per heavy atom. The van der Waals surface area contributed by atoms with E-state index in [1.54, 1.807) is 11.3 Å². The van der Waals surface area contributed by atoms with Crippen molar-refractivity contribution in [2.24, 2.45) is 0 Å². The van der Waals surface area contributed by atoms with Crippen molar-refractivity contribution in [1.29, 1.82) is 0 Å². The van der Waals surface area contributed by atoms with E-state index in [1.807, 2.05) is 38.4 Å². The number of hydrogen-bond donors (Lipinski definition) is 0. The normalized spacial score (nSPS) is 19.7. The first-order valence-corrected chi connectivity index (χ1v) is 10.9. The Balaban J connectivity index is 1.77. The fraction of sp³-hybridized carbons (Fsp3) is 0.429. The van der Waals surface area contributed by atoms with Crippen molar-refractivity contribution in [3.05, 3.63) is 57.3 Å². The van der Waals surface area contributed by atoms with Gasteiger partial charge in [-0.15, -0.1) is 11.8 Å². The van der Waals surface area contributed by atoms with Gasteiger partial charge in [0, 0.05) is 42.3 Å². The summed E-state index contributed by atoms with van der Waals surface area (Å²) in [6, 6.07) is 6.04. The largest absolute Gasteiger partial charge is 0.367 e. The second-order valence-corrected chi connectivity index (χ2v) is 8.32. The average Bonchev–Trinajstić information content (AvgIpc) is 2.70. The maximum atomic E-state index is 12.8. The number of hydrogen-bond acceptors (Lipinski definition) is 7. The van der Waals surface area contributed by atoms with E-state index in [0.717, 1.165) is 28.6 Å². The topological polar surface area (TPSA) is 72.6 Å². The number of anilines is 1. The molecule has 0 radical (unpaired) electrons. The first-order chi connectivity index (χ1) is 13.9. The molecule has 7 nitrogen and oxygen atoms in total. The molecule has 8 heteroatoms. The molecule has 0 unspecified atom stereocenters. The number of ether oxygens (including phenoxy) is 1. The summed E-state index contributed by atoms with van der Waals surface area (Å²) in [6.45, 7) is 9.12. The van der Waals surface area contributed by atoms with E-state index >= 15 is 0 Å². The Morgan fingerprint density at radius 1 is 1.17 bits per heavy atom. The van der Waals surface area contributed by atoms with Crippen LogP contribution < -0.4 is 10.5 Å². The summed E-state index contributed by atoms with van der Waals surface area (Å²) in [6.07, 6.45) is 3.77. The van der Waals surface area contributed by atoms with Gasteiger partial charge in [0.15, 0.2) is 0 Å². The van der Waals surface area contributed by atoms with Gasteiger partial charge in [0.25, 0.3) is 5.56 Å². The van der Waals surface area contributed by atoms with Crippen LogP contribution in [0.25, 0.3) is 5.78 Å². The van der Waals surface area contributed by atoms with Crippen molar-refractivity contribution in [3.8, 4) is 0 Å². The quantitative estimate of drug-likeness (QED) is 0.484. The minimum atomic E-state index is -0.0638. The lowest BCUT2D eigenvalue weighted by Crippen LogP contribution is -2.43. The van der Waals surface area contributed by atoms with E-state index in [4.69, 9.17) is 9.72 Å². The zero-order valence-electron chi connectivity index (χ0n) is 17.3. The van der Waals surface area contributed by atoms with Gasteiger partial charge in [-0.05, 0) is 51.6 Å². The molecule has 1 aliphatic heterocycles. The SMILES string of the molecule is CSc1cc(N2C[C@@H](C)O[C@@H](c3ccnc(C)c3)C2)nc2nc(C)c(C)c(=O)n12. The second-order valence-electron chi connectivity index (χ2n) is 7.49. The Morgan fingerprint density at radius 2 is 1.97 bits per heavy atom. The third-order valence-corrected chi connectivity index (χ3v) is 6.03. The van der Waals surface area contributed by atoms with Crippen molar-refractivity contribution >= 4 is 23.4 Å². The Bertz CT molecular complexity index is 1130. The molecular formula is C21H25N5O2S. The van der Waals surface area contributed by atoms with Crippen LogP contribution in [0.5, 0.6) is 0 Å². The zero-order chi connectivity index (χ0) is 20.7. The van der Waals surface area contributed by atoms with Crippen molar-refractivity contribution in [2.75, 3.05) is 24.2 Å². The van der Waals surface area contributed by atoms with E-state index in [1.165, 1.54) is 11.8 Å². The van der Waals surface area contributed by atoms with Crippen LogP contribution in [-0.4, -0.2) is 44.8 Å². The summed E-state index contributed by atoms with van der Waals surface area (Å²) in [5.41, 5.74) is 3.39. The standard InChI is InChI=1S/C21H25N5O2S/c1-12-8-16(6-7-22-12)17-11-25(10-13(2)28-17)18-9-19(29-5)26-20(27)14(3)15(4)23-21(26)24-18/h6-9,13,17H,10-11H2,1-5H3/t13-,17-/m1/s1. The first kappa shape index (κ1) is 19.8. The highest BCUT2D eigenvalue weighted by Crippen LogP contribution is 2.30. The molecule has 1 aliphatic rings. The number of fused-ring (bicyclic) bond motifs is 1. The van der Waals surface area contributed by atoms with Crippen molar-refractivity contribution in [3.63, 3.8) is 0 Å². The number of nitrogens with zero attached hydrogens (tertiary/aromatic N) is 5. The van der Waals surface area contributed by atoms with E-state index in [9.17, 15) is 4.79 Å². The van der Waals surface area contributed by atoms with Crippen LogP contribution in [0.3, 0.4) is 0 Å². The van der Waals surface area contributed by atoms with Gasteiger partial charge < -0.3 is 9.64 Å².